The number of dihydropyridines is 1. The zero-order valence-electron chi connectivity index (χ0n) is 21.3. The average Bonchev–Trinajstić information content (AvgIpc) is 2.88. The zero-order chi connectivity index (χ0) is 26.7. The number of hydrogen-bond acceptors (Lipinski definition) is 7. The van der Waals surface area contributed by atoms with Crippen LogP contribution >= 0.6 is 11.6 Å². The molecule has 2 aromatic rings. The summed E-state index contributed by atoms with van der Waals surface area (Å²) in [4.78, 5) is 40.7. The Morgan fingerprint density at radius 3 is 2.41 bits per heavy atom. The Kier molecular flexibility index (Phi) is 8.03. The molecule has 0 amide bonds. The quantitative estimate of drug-likeness (QED) is 0.400. The van der Waals surface area contributed by atoms with Gasteiger partial charge in [0.15, 0.2) is 5.78 Å². The number of hydrogen-bond donors (Lipinski definition) is 1. The highest BCUT2D eigenvalue weighted by molar-refractivity contribution is 6.30. The van der Waals surface area contributed by atoms with E-state index in [1.54, 1.807) is 46.1 Å². The van der Waals surface area contributed by atoms with Crippen molar-refractivity contribution >= 4 is 29.3 Å². The van der Waals surface area contributed by atoms with Crippen molar-refractivity contribution in [3.63, 3.8) is 0 Å². The first-order chi connectivity index (χ1) is 17.8. The van der Waals surface area contributed by atoms with Crippen LogP contribution in [0, 0.1) is 5.92 Å². The number of ether oxygens (including phenoxy) is 3. The van der Waals surface area contributed by atoms with Crippen LogP contribution < -0.4 is 10.1 Å². The summed E-state index contributed by atoms with van der Waals surface area (Å²) >= 11 is 6.32. The largest absolute Gasteiger partial charge is 0.497 e. The molecule has 0 saturated heterocycles. The number of methoxy groups -OCH3 is 1. The summed E-state index contributed by atoms with van der Waals surface area (Å²) in [6.07, 6.45) is 0.363. The fourth-order valence-corrected chi connectivity index (χ4v) is 5.42. The Hall–Kier alpha value is -3.58. The van der Waals surface area contributed by atoms with Crippen LogP contribution in [0.1, 0.15) is 50.2 Å². The first-order valence-corrected chi connectivity index (χ1v) is 12.7. The molecule has 0 spiro atoms. The van der Waals surface area contributed by atoms with E-state index in [2.05, 4.69) is 5.32 Å². The highest BCUT2D eigenvalue weighted by Gasteiger charge is 2.49. The van der Waals surface area contributed by atoms with Crippen LogP contribution in [0.25, 0.3) is 0 Å². The van der Waals surface area contributed by atoms with Crippen molar-refractivity contribution in [2.24, 2.45) is 5.92 Å². The van der Waals surface area contributed by atoms with Crippen molar-refractivity contribution in [3.8, 4) is 5.75 Å². The molecule has 3 atom stereocenters. The predicted octanol–water partition coefficient (Wildman–Crippen LogP) is 5.06. The molecule has 2 aromatic carbocycles. The summed E-state index contributed by atoms with van der Waals surface area (Å²) in [6.45, 7) is 5.54. The van der Waals surface area contributed by atoms with Crippen molar-refractivity contribution in [2.45, 2.75) is 39.0 Å². The molecule has 2 aliphatic rings. The van der Waals surface area contributed by atoms with Crippen LogP contribution in [0.2, 0.25) is 5.02 Å². The van der Waals surface area contributed by atoms with Gasteiger partial charge in [0.2, 0.25) is 0 Å². The van der Waals surface area contributed by atoms with E-state index in [9.17, 15) is 14.4 Å². The lowest BCUT2D eigenvalue weighted by Gasteiger charge is -2.39. The van der Waals surface area contributed by atoms with Gasteiger partial charge in [0, 0.05) is 33.8 Å². The lowest BCUT2D eigenvalue weighted by atomic mass is 9.67. The van der Waals surface area contributed by atoms with E-state index in [0.717, 1.165) is 5.56 Å². The zero-order valence-corrected chi connectivity index (χ0v) is 22.1. The average molecular weight is 524 g/mol. The number of carbonyl (C=O) groups is 3. The molecule has 1 aliphatic carbocycles. The van der Waals surface area contributed by atoms with E-state index < -0.39 is 29.7 Å². The normalized spacial score (nSPS) is 21.2. The van der Waals surface area contributed by atoms with Crippen molar-refractivity contribution in [1.29, 1.82) is 0 Å². The molecule has 7 nitrogen and oxygen atoms in total. The molecular formula is C29H30ClNO6. The van der Waals surface area contributed by atoms with E-state index in [4.69, 9.17) is 25.8 Å². The molecule has 194 valence electrons. The maximum atomic E-state index is 14.3. The van der Waals surface area contributed by atoms with E-state index >= 15 is 0 Å². The summed E-state index contributed by atoms with van der Waals surface area (Å²) in [5.41, 5.74) is 3.38. The molecule has 0 saturated carbocycles. The Morgan fingerprint density at radius 1 is 1.03 bits per heavy atom. The second-order valence-corrected chi connectivity index (χ2v) is 9.38. The van der Waals surface area contributed by atoms with E-state index in [1.807, 2.05) is 30.3 Å². The summed E-state index contributed by atoms with van der Waals surface area (Å²) in [7, 11) is 1.57. The van der Waals surface area contributed by atoms with Gasteiger partial charge in [0.1, 0.15) is 11.7 Å². The lowest BCUT2D eigenvalue weighted by molar-refractivity contribution is -0.152. The molecule has 0 fully saturated rings. The SMILES string of the molecule is CCOC(=O)C1=C(C)NC2=C(C(=O)[C@H](C(=O)OCC)[C@H](c3cccc(OC)c3)C2)[C@@H]1c1cccc(Cl)c1. The first kappa shape index (κ1) is 26.5. The standard InChI is InChI=1S/C29H30ClNO6/c1-5-36-28(33)23-16(3)31-22-15-21(17-9-8-12-20(14-17)35-4)25(29(34)37-6-2)27(32)26(22)24(23)18-10-7-11-19(30)13-18/h7-14,21,24-25,31H,5-6,15H2,1-4H3/t21-,24+,25+/m0/s1. The van der Waals surface area contributed by atoms with Crippen molar-refractivity contribution < 1.29 is 28.6 Å². The number of nitrogens with one attached hydrogen (secondary N) is 1. The van der Waals surface area contributed by atoms with Crippen molar-refractivity contribution in [1.82, 2.24) is 5.32 Å². The minimum absolute atomic E-state index is 0.141. The molecule has 1 heterocycles. The van der Waals surface area contributed by atoms with Crippen LogP contribution in [-0.4, -0.2) is 38.0 Å². The predicted molar refractivity (Wildman–Crippen MR) is 139 cm³/mol. The molecule has 0 aromatic heterocycles. The fourth-order valence-electron chi connectivity index (χ4n) is 5.22. The minimum Gasteiger partial charge on any atom is -0.497 e. The maximum absolute atomic E-state index is 14.3. The molecule has 8 heteroatoms. The molecule has 4 rings (SSSR count). The minimum atomic E-state index is -1.09. The van der Waals surface area contributed by atoms with Gasteiger partial charge in [-0.05, 0) is 62.6 Å². The lowest BCUT2D eigenvalue weighted by Crippen LogP contribution is -2.43. The number of carbonyl (C=O) groups excluding carboxylic acids is 3. The Bertz CT molecular complexity index is 1300. The molecule has 0 unspecified atom stereocenters. The monoisotopic (exact) mass is 523 g/mol. The third-order valence-electron chi connectivity index (χ3n) is 6.76. The molecule has 1 aliphatic heterocycles. The number of Topliss-reactive ketones (excluding diaryl/α,β-unsaturated/α-hetero) is 1. The summed E-state index contributed by atoms with van der Waals surface area (Å²) in [5, 5.41) is 3.76. The smallest absolute Gasteiger partial charge is 0.336 e. The van der Waals surface area contributed by atoms with Gasteiger partial charge in [-0.15, -0.1) is 0 Å². The highest BCUT2D eigenvalue weighted by Crippen LogP contribution is 2.48. The van der Waals surface area contributed by atoms with Crippen LogP contribution in [0.5, 0.6) is 5.75 Å². The first-order valence-electron chi connectivity index (χ1n) is 12.3. The van der Waals surface area contributed by atoms with Crippen LogP contribution in [0.15, 0.2) is 71.1 Å². The van der Waals surface area contributed by atoms with Crippen LogP contribution in [-0.2, 0) is 23.9 Å². The third kappa shape index (κ3) is 5.14. The van der Waals surface area contributed by atoms with Gasteiger partial charge in [-0.2, -0.15) is 0 Å². The summed E-state index contributed by atoms with van der Waals surface area (Å²) < 4.78 is 16.1. The Balaban J connectivity index is 1.90. The van der Waals surface area contributed by atoms with Crippen molar-refractivity contribution in [3.05, 3.63) is 87.2 Å². The molecule has 0 radical (unpaired) electrons. The van der Waals surface area contributed by atoms with Gasteiger partial charge >= 0.3 is 11.9 Å². The number of esters is 2. The van der Waals surface area contributed by atoms with Gasteiger partial charge in [-0.25, -0.2) is 4.79 Å². The van der Waals surface area contributed by atoms with Gasteiger partial charge in [0.25, 0.3) is 0 Å². The highest BCUT2D eigenvalue weighted by atomic mass is 35.5. The molecule has 1 N–H and O–H groups in total. The second kappa shape index (κ2) is 11.2. The number of benzene rings is 2. The van der Waals surface area contributed by atoms with E-state index in [1.165, 1.54) is 0 Å². The van der Waals surface area contributed by atoms with Crippen LogP contribution in [0.4, 0.5) is 0 Å². The van der Waals surface area contributed by atoms with Gasteiger partial charge in [-0.1, -0.05) is 35.9 Å². The summed E-state index contributed by atoms with van der Waals surface area (Å²) in [5.74, 6) is -3.20. The van der Waals surface area contributed by atoms with E-state index in [0.29, 0.717) is 45.3 Å². The van der Waals surface area contributed by atoms with Crippen LogP contribution in [0.3, 0.4) is 0 Å². The summed E-state index contributed by atoms with van der Waals surface area (Å²) in [6, 6.07) is 14.4. The molecule has 0 bridgehead atoms. The van der Waals surface area contributed by atoms with E-state index in [-0.39, 0.29) is 19.0 Å². The number of rotatable bonds is 7. The van der Waals surface area contributed by atoms with Crippen molar-refractivity contribution in [2.75, 3.05) is 20.3 Å². The number of ketones is 1. The second-order valence-electron chi connectivity index (χ2n) is 8.95. The van der Waals surface area contributed by atoms with Gasteiger partial charge in [0.05, 0.1) is 25.9 Å². The molecular weight excluding hydrogens is 494 g/mol. The Morgan fingerprint density at radius 2 is 1.73 bits per heavy atom. The number of halogens is 1. The Labute approximate surface area is 221 Å². The van der Waals surface area contributed by atoms with Gasteiger partial charge in [-0.3, -0.25) is 9.59 Å². The topological polar surface area (TPSA) is 90.9 Å². The number of allylic oxidation sites excluding steroid dienone is 3. The van der Waals surface area contributed by atoms with Gasteiger partial charge < -0.3 is 19.5 Å². The fraction of sp³-hybridized carbons (Fsp3) is 0.345. The third-order valence-corrected chi connectivity index (χ3v) is 6.99. The maximum Gasteiger partial charge on any atom is 0.336 e. The molecule has 37 heavy (non-hydrogen) atoms.